The predicted octanol–water partition coefficient (Wildman–Crippen LogP) is 1.88. The Morgan fingerprint density at radius 1 is 1.36 bits per heavy atom. The molecule has 11 heavy (non-hydrogen) atoms. The average molecular weight is 169 g/mol. The Balaban J connectivity index is 2.47. The third-order valence-corrected chi connectivity index (χ3v) is 2.52. The number of halogens is 1. The van der Waals surface area contributed by atoms with Crippen LogP contribution in [0.15, 0.2) is 24.3 Å². The third kappa shape index (κ3) is 1.05. The number of alkyl halides is 1. The van der Waals surface area contributed by atoms with Crippen LogP contribution in [-0.4, -0.2) is 10.5 Å². The van der Waals surface area contributed by atoms with Gasteiger partial charge in [-0.1, -0.05) is 24.3 Å². The van der Waals surface area contributed by atoms with Crippen LogP contribution in [0.1, 0.15) is 17.2 Å². The summed E-state index contributed by atoms with van der Waals surface area (Å²) in [6.45, 7) is 0. The summed E-state index contributed by atoms with van der Waals surface area (Å²) in [5.74, 6) is 0. The van der Waals surface area contributed by atoms with Crippen molar-refractivity contribution in [3.8, 4) is 0 Å². The van der Waals surface area contributed by atoms with Gasteiger partial charge in [-0.05, 0) is 17.5 Å². The maximum atomic E-state index is 9.52. The topological polar surface area (TPSA) is 20.2 Å². The smallest absolute Gasteiger partial charge is 0.0959 e. The molecule has 0 saturated heterocycles. The molecular weight excluding hydrogens is 160 g/mol. The van der Waals surface area contributed by atoms with E-state index in [1.54, 1.807) is 0 Å². The zero-order valence-corrected chi connectivity index (χ0v) is 6.75. The molecule has 2 atom stereocenters. The average Bonchev–Trinajstić information content (AvgIpc) is 2.30. The number of fused-ring (bicyclic) bond motifs is 1. The van der Waals surface area contributed by atoms with Gasteiger partial charge in [0.1, 0.15) is 0 Å². The van der Waals surface area contributed by atoms with E-state index in [0.29, 0.717) is 0 Å². The highest BCUT2D eigenvalue weighted by atomic mass is 35.5. The fourth-order valence-corrected chi connectivity index (χ4v) is 1.83. The van der Waals surface area contributed by atoms with Crippen LogP contribution in [0.2, 0.25) is 0 Å². The van der Waals surface area contributed by atoms with Crippen LogP contribution >= 0.6 is 11.6 Å². The van der Waals surface area contributed by atoms with Crippen molar-refractivity contribution in [1.29, 1.82) is 0 Å². The standard InChI is InChI=1S/C9H9ClO/c10-8-5-6-3-1-2-4-7(6)9(8)11/h1-4,8-9,11H,5H2/t8-,9-/m0/s1. The van der Waals surface area contributed by atoms with Gasteiger partial charge in [-0.25, -0.2) is 0 Å². The molecule has 1 N–H and O–H groups in total. The lowest BCUT2D eigenvalue weighted by Gasteiger charge is -2.05. The highest BCUT2D eigenvalue weighted by molar-refractivity contribution is 6.21. The molecule has 0 amide bonds. The summed E-state index contributed by atoms with van der Waals surface area (Å²) in [5.41, 5.74) is 2.17. The summed E-state index contributed by atoms with van der Waals surface area (Å²) in [5, 5.41) is 9.39. The van der Waals surface area contributed by atoms with Gasteiger partial charge in [-0.2, -0.15) is 0 Å². The summed E-state index contributed by atoms with van der Waals surface area (Å²) in [7, 11) is 0. The Bertz CT molecular complexity index is 272. The number of hydrogen-bond donors (Lipinski definition) is 1. The fourth-order valence-electron chi connectivity index (χ4n) is 1.53. The number of aliphatic hydroxyl groups excluding tert-OH is 1. The first-order valence-electron chi connectivity index (χ1n) is 3.69. The molecule has 0 fully saturated rings. The number of benzene rings is 1. The summed E-state index contributed by atoms with van der Waals surface area (Å²) in [6.07, 6.45) is 0.326. The first kappa shape index (κ1) is 7.14. The maximum Gasteiger partial charge on any atom is 0.0959 e. The van der Waals surface area contributed by atoms with Crippen molar-refractivity contribution >= 4 is 11.6 Å². The molecule has 0 heterocycles. The summed E-state index contributed by atoms with van der Waals surface area (Å²) >= 11 is 5.88. The van der Waals surface area contributed by atoms with E-state index in [-0.39, 0.29) is 5.38 Å². The zero-order chi connectivity index (χ0) is 7.84. The number of rotatable bonds is 0. The van der Waals surface area contributed by atoms with E-state index < -0.39 is 6.10 Å². The predicted molar refractivity (Wildman–Crippen MR) is 44.7 cm³/mol. The van der Waals surface area contributed by atoms with E-state index in [1.807, 2.05) is 24.3 Å². The van der Waals surface area contributed by atoms with E-state index in [4.69, 9.17) is 11.6 Å². The van der Waals surface area contributed by atoms with Crippen LogP contribution in [0.25, 0.3) is 0 Å². The highest BCUT2D eigenvalue weighted by Crippen LogP contribution is 2.34. The van der Waals surface area contributed by atoms with Crippen molar-refractivity contribution in [2.24, 2.45) is 0 Å². The molecule has 1 aliphatic carbocycles. The van der Waals surface area contributed by atoms with Gasteiger partial charge in [0.15, 0.2) is 0 Å². The zero-order valence-electron chi connectivity index (χ0n) is 6.00. The molecule has 58 valence electrons. The molecule has 0 saturated carbocycles. The van der Waals surface area contributed by atoms with Crippen LogP contribution in [-0.2, 0) is 6.42 Å². The summed E-state index contributed by atoms with van der Waals surface area (Å²) < 4.78 is 0. The van der Waals surface area contributed by atoms with Gasteiger partial charge < -0.3 is 5.11 Å². The van der Waals surface area contributed by atoms with Gasteiger partial charge in [0.25, 0.3) is 0 Å². The second-order valence-corrected chi connectivity index (χ2v) is 3.42. The first-order valence-corrected chi connectivity index (χ1v) is 4.12. The lowest BCUT2D eigenvalue weighted by Crippen LogP contribution is -2.04. The summed E-state index contributed by atoms with van der Waals surface area (Å²) in [6, 6.07) is 7.85. The van der Waals surface area contributed by atoms with Crippen molar-refractivity contribution in [2.75, 3.05) is 0 Å². The monoisotopic (exact) mass is 168 g/mol. The Morgan fingerprint density at radius 3 is 2.82 bits per heavy atom. The molecule has 0 bridgehead atoms. The van der Waals surface area contributed by atoms with E-state index in [1.165, 1.54) is 5.56 Å². The van der Waals surface area contributed by atoms with E-state index in [2.05, 4.69) is 0 Å². The van der Waals surface area contributed by atoms with Gasteiger partial charge >= 0.3 is 0 Å². The first-order chi connectivity index (χ1) is 5.29. The summed E-state index contributed by atoms with van der Waals surface area (Å²) in [4.78, 5) is 0. The molecule has 2 rings (SSSR count). The SMILES string of the molecule is O[C@H]1c2ccccc2C[C@@H]1Cl. The van der Waals surface area contributed by atoms with Gasteiger partial charge in [-0.15, -0.1) is 11.6 Å². The lowest BCUT2D eigenvalue weighted by atomic mass is 10.1. The third-order valence-electron chi connectivity index (χ3n) is 2.13. The second kappa shape index (κ2) is 2.50. The molecule has 0 unspecified atom stereocenters. The minimum atomic E-state index is -0.465. The number of aliphatic hydroxyl groups is 1. The molecule has 0 aliphatic heterocycles. The fraction of sp³-hybridized carbons (Fsp3) is 0.333. The molecule has 0 radical (unpaired) electrons. The van der Waals surface area contributed by atoms with E-state index in [9.17, 15) is 5.11 Å². The van der Waals surface area contributed by atoms with Gasteiger partial charge in [0.2, 0.25) is 0 Å². The maximum absolute atomic E-state index is 9.52. The minimum absolute atomic E-state index is 0.132. The van der Waals surface area contributed by atoms with E-state index in [0.717, 1.165) is 12.0 Å². The van der Waals surface area contributed by atoms with Crippen LogP contribution in [0.5, 0.6) is 0 Å². The molecule has 1 aromatic rings. The Kier molecular flexibility index (Phi) is 1.63. The van der Waals surface area contributed by atoms with Gasteiger partial charge in [0.05, 0.1) is 11.5 Å². The van der Waals surface area contributed by atoms with Gasteiger partial charge in [0, 0.05) is 0 Å². The normalized spacial score (nSPS) is 28.5. The van der Waals surface area contributed by atoms with Crippen molar-refractivity contribution in [3.63, 3.8) is 0 Å². The largest absolute Gasteiger partial charge is 0.387 e. The van der Waals surface area contributed by atoms with Crippen LogP contribution in [0.3, 0.4) is 0 Å². The van der Waals surface area contributed by atoms with Crippen LogP contribution < -0.4 is 0 Å². The lowest BCUT2D eigenvalue weighted by molar-refractivity contribution is 0.183. The van der Waals surface area contributed by atoms with Gasteiger partial charge in [-0.3, -0.25) is 0 Å². The Hall–Kier alpha value is -0.530. The molecular formula is C9H9ClO. The molecule has 2 heteroatoms. The molecule has 0 spiro atoms. The number of hydrogen-bond acceptors (Lipinski definition) is 1. The second-order valence-electron chi connectivity index (χ2n) is 2.86. The van der Waals surface area contributed by atoms with Crippen molar-refractivity contribution in [1.82, 2.24) is 0 Å². The van der Waals surface area contributed by atoms with Crippen LogP contribution in [0.4, 0.5) is 0 Å². The minimum Gasteiger partial charge on any atom is -0.387 e. The Labute approximate surface area is 70.6 Å². The van der Waals surface area contributed by atoms with E-state index >= 15 is 0 Å². The Morgan fingerprint density at radius 2 is 2.09 bits per heavy atom. The van der Waals surface area contributed by atoms with Crippen LogP contribution in [0, 0.1) is 0 Å². The molecule has 0 aromatic heterocycles. The van der Waals surface area contributed by atoms with Crippen molar-refractivity contribution in [3.05, 3.63) is 35.4 Å². The quantitative estimate of drug-likeness (QED) is 0.587. The van der Waals surface area contributed by atoms with Crippen molar-refractivity contribution in [2.45, 2.75) is 17.9 Å². The molecule has 1 aromatic carbocycles. The molecule has 1 aliphatic rings. The highest BCUT2D eigenvalue weighted by Gasteiger charge is 2.28. The van der Waals surface area contributed by atoms with Crippen molar-refractivity contribution < 1.29 is 5.11 Å². The molecule has 1 nitrogen and oxygen atoms in total.